The second-order valence-electron chi connectivity index (χ2n) is 7.89. The minimum Gasteiger partial charge on any atom is -0.357 e. The van der Waals surface area contributed by atoms with Crippen molar-refractivity contribution in [3.05, 3.63) is 70.1 Å². The molecule has 1 aliphatic rings. The number of hydrogen-bond acceptors (Lipinski definition) is 3. The molecule has 0 spiro atoms. The van der Waals surface area contributed by atoms with Crippen molar-refractivity contribution in [2.75, 3.05) is 32.7 Å². The van der Waals surface area contributed by atoms with Crippen LogP contribution in [0.5, 0.6) is 0 Å². The fraction of sp³-hybridized carbons (Fsp3) is 0.478. The third-order valence-corrected chi connectivity index (χ3v) is 5.66. The highest BCUT2D eigenvalue weighted by Gasteiger charge is 2.41. The van der Waals surface area contributed by atoms with E-state index in [4.69, 9.17) is 0 Å². The molecule has 32 heavy (non-hydrogen) atoms. The van der Waals surface area contributed by atoms with Gasteiger partial charge < -0.3 is 14.8 Å². The average molecular weight is 450 g/mol. The Bertz CT molecular complexity index is 947. The second-order valence-corrected chi connectivity index (χ2v) is 7.89. The zero-order valence-corrected chi connectivity index (χ0v) is 18.5. The largest absolute Gasteiger partial charge is 0.403 e. The molecular weight excluding hydrogens is 419 g/mol. The summed E-state index contributed by atoms with van der Waals surface area (Å²) in [6.45, 7) is 6.53. The van der Waals surface area contributed by atoms with Gasteiger partial charge in [-0.15, -0.1) is 0 Å². The van der Waals surface area contributed by atoms with Crippen LogP contribution in [-0.4, -0.2) is 65.3 Å². The van der Waals surface area contributed by atoms with Gasteiger partial charge in [-0.2, -0.15) is 13.2 Å². The number of nitrogens with zero attached hydrogens (tertiary/aromatic N) is 4. The van der Waals surface area contributed by atoms with Gasteiger partial charge >= 0.3 is 6.18 Å². The average Bonchev–Trinajstić information content (AvgIpc) is 2.78. The lowest BCUT2D eigenvalue weighted by Crippen LogP contribution is -2.56. The number of nitrogens with one attached hydrogen (secondary N) is 1. The quantitative estimate of drug-likeness (QED) is 0.544. The molecule has 174 valence electrons. The van der Waals surface area contributed by atoms with Crippen molar-refractivity contribution in [3.8, 4) is 0 Å². The lowest BCUT2D eigenvalue weighted by molar-refractivity contribution is -0.181. The Balaban J connectivity index is 1.59. The predicted molar refractivity (Wildman–Crippen MR) is 120 cm³/mol. The molecule has 2 aromatic rings. The molecule has 1 aromatic heterocycles. The van der Waals surface area contributed by atoms with Crippen molar-refractivity contribution in [1.29, 1.82) is 0 Å². The van der Waals surface area contributed by atoms with Crippen molar-refractivity contribution >= 4 is 5.96 Å². The van der Waals surface area contributed by atoms with E-state index in [1.165, 1.54) is 17.9 Å². The summed E-state index contributed by atoms with van der Waals surface area (Å²) in [4.78, 5) is 20.0. The number of guanidine groups is 1. The standard InChI is InChI=1S/C23H30F3N5O/c1-3-27-22(30-14-12-29(13-15-30)18(2)23(24,25)26)28-16-19-7-9-20(10-8-19)17-31-11-5-4-6-21(31)32/h4-11,18H,3,12-17H2,1-2H3,(H,27,28). The van der Waals surface area contributed by atoms with Crippen LogP contribution in [0.2, 0.25) is 0 Å². The first kappa shape index (κ1) is 23.8. The van der Waals surface area contributed by atoms with Crippen molar-refractivity contribution in [2.24, 2.45) is 4.99 Å². The molecule has 1 aromatic carbocycles. The maximum Gasteiger partial charge on any atom is 0.403 e. The van der Waals surface area contributed by atoms with Gasteiger partial charge in [0.05, 0.1) is 13.1 Å². The van der Waals surface area contributed by atoms with Gasteiger partial charge in [-0.3, -0.25) is 9.69 Å². The summed E-state index contributed by atoms with van der Waals surface area (Å²) >= 11 is 0. The molecule has 0 bridgehead atoms. The molecular formula is C23H30F3N5O. The summed E-state index contributed by atoms with van der Waals surface area (Å²) in [5, 5.41) is 3.24. The highest BCUT2D eigenvalue weighted by Crippen LogP contribution is 2.25. The summed E-state index contributed by atoms with van der Waals surface area (Å²) < 4.78 is 40.6. The fourth-order valence-corrected chi connectivity index (χ4v) is 3.66. The van der Waals surface area contributed by atoms with Gasteiger partial charge in [0.2, 0.25) is 0 Å². The monoisotopic (exact) mass is 449 g/mol. The topological polar surface area (TPSA) is 52.9 Å². The number of aromatic nitrogens is 1. The van der Waals surface area contributed by atoms with E-state index < -0.39 is 12.2 Å². The molecule has 1 atom stereocenters. The molecule has 1 N–H and O–H groups in total. The molecule has 3 rings (SSSR count). The zero-order valence-electron chi connectivity index (χ0n) is 18.5. The molecule has 0 saturated carbocycles. The number of pyridine rings is 1. The lowest BCUT2D eigenvalue weighted by Gasteiger charge is -2.39. The van der Waals surface area contributed by atoms with Gasteiger partial charge in [0.1, 0.15) is 6.04 Å². The highest BCUT2D eigenvalue weighted by molar-refractivity contribution is 5.80. The molecule has 0 radical (unpaired) electrons. The molecule has 0 amide bonds. The van der Waals surface area contributed by atoms with Crippen molar-refractivity contribution < 1.29 is 13.2 Å². The predicted octanol–water partition coefficient (Wildman–Crippen LogP) is 2.93. The maximum atomic E-state index is 13.0. The van der Waals surface area contributed by atoms with Gasteiger partial charge in [0.15, 0.2) is 5.96 Å². The van der Waals surface area contributed by atoms with E-state index in [0.29, 0.717) is 51.8 Å². The Labute approximate surface area is 186 Å². The number of hydrogen-bond donors (Lipinski definition) is 1. The number of alkyl halides is 3. The Morgan fingerprint density at radius 1 is 1.06 bits per heavy atom. The number of piperazine rings is 1. The van der Waals surface area contributed by atoms with Crippen LogP contribution in [0, 0.1) is 0 Å². The fourth-order valence-electron chi connectivity index (χ4n) is 3.66. The SMILES string of the molecule is CCNC(=NCc1ccc(Cn2ccccc2=O)cc1)N1CCN(C(C)C(F)(F)F)CC1. The summed E-state index contributed by atoms with van der Waals surface area (Å²) in [5.74, 6) is 0.715. The van der Waals surface area contributed by atoms with Gasteiger partial charge in [0, 0.05) is 45.0 Å². The second kappa shape index (κ2) is 10.7. The Morgan fingerprint density at radius 2 is 1.72 bits per heavy atom. The van der Waals surface area contributed by atoms with E-state index in [0.717, 1.165) is 11.1 Å². The Hall–Kier alpha value is -2.81. The number of aliphatic imine (C=N–C) groups is 1. The third kappa shape index (κ3) is 6.35. The molecule has 1 saturated heterocycles. The normalized spacial score (nSPS) is 16.8. The lowest BCUT2D eigenvalue weighted by atomic mass is 10.1. The minimum atomic E-state index is -4.21. The summed E-state index contributed by atoms with van der Waals surface area (Å²) in [5.41, 5.74) is 2.00. The molecule has 1 fully saturated rings. The van der Waals surface area contributed by atoms with Crippen LogP contribution < -0.4 is 10.9 Å². The first-order chi connectivity index (χ1) is 15.3. The van der Waals surface area contributed by atoms with Gasteiger partial charge in [-0.1, -0.05) is 30.3 Å². The number of rotatable bonds is 6. The van der Waals surface area contributed by atoms with E-state index in [2.05, 4.69) is 10.3 Å². The zero-order chi connectivity index (χ0) is 23.1. The van der Waals surface area contributed by atoms with Crippen LogP contribution in [0.15, 0.2) is 58.4 Å². The Morgan fingerprint density at radius 3 is 2.31 bits per heavy atom. The van der Waals surface area contributed by atoms with Crippen LogP contribution in [0.1, 0.15) is 25.0 Å². The van der Waals surface area contributed by atoms with E-state index in [1.807, 2.05) is 42.2 Å². The summed E-state index contributed by atoms with van der Waals surface area (Å²) in [6.07, 6.45) is -2.44. The number of benzene rings is 1. The molecule has 0 aliphatic carbocycles. The van der Waals surface area contributed by atoms with Gasteiger partial charge in [0.25, 0.3) is 5.56 Å². The van der Waals surface area contributed by atoms with Crippen molar-refractivity contribution in [1.82, 2.24) is 19.7 Å². The van der Waals surface area contributed by atoms with Crippen molar-refractivity contribution in [3.63, 3.8) is 0 Å². The van der Waals surface area contributed by atoms with Crippen molar-refractivity contribution in [2.45, 2.75) is 39.2 Å². The van der Waals surface area contributed by atoms with E-state index in [1.54, 1.807) is 16.8 Å². The van der Waals surface area contributed by atoms with Crippen LogP contribution in [0.25, 0.3) is 0 Å². The van der Waals surface area contributed by atoms with Crippen LogP contribution in [-0.2, 0) is 13.1 Å². The van der Waals surface area contributed by atoms with E-state index in [-0.39, 0.29) is 5.56 Å². The van der Waals surface area contributed by atoms with Crippen LogP contribution in [0.4, 0.5) is 13.2 Å². The summed E-state index contributed by atoms with van der Waals surface area (Å²) in [6, 6.07) is 11.6. The van der Waals surface area contributed by atoms with Crippen LogP contribution >= 0.6 is 0 Å². The molecule has 1 aliphatic heterocycles. The smallest absolute Gasteiger partial charge is 0.357 e. The molecule has 9 heteroatoms. The van der Waals surface area contributed by atoms with Gasteiger partial charge in [-0.05, 0) is 31.0 Å². The highest BCUT2D eigenvalue weighted by atomic mass is 19.4. The van der Waals surface area contributed by atoms with Crippen LogP contribution in [0.3, 0.4) is 0 Å². The first-order valence-electron chi connectivity index (χ1n) is 10.8. The molecule has 6 nitrogen and oxygen atoms in total. The Kier molecular flexibility index (Phi) is 7.95. The summed E-state index contributed by atoms with van der Waals surface area (Å²) in [7, 11) is 0. The first-order valence-corrected chi connectivity index (χ1v) is 10.8. The van der Waals surface area contributed by atoms with E-state index in [9.17, 15) is 18.0 Å². The minimum absolute atomic E-state index is 0.0406. The van der Waals surface area contributed by atoms with E-state index >= 15 is 0 Å². The maximum absolute atomic E-state index is 13.0. The van der Waals surface area contributed by atoms with Gasteiger partial charge in [-0.25, -0.2) is 4.99 Å². The number of halogens is 3. The molecule has 1 unspecified atom stereocenters. The molecule has 2 heterocycles. The third-order valence-electron chi connectivity index (χ3n) is 5.66.